The van der Waals surface area contributed by atoms with Crippen LogP contribution in [0.4, 0.5) is 5.69 Å². The lowest BCUT2D eigenvalue weighted by Gasteiger charge is -2.06. The number of nitrogens with one attached hydrogen (secondary N) is 1. The molecule has 96 valence electrons. The van der Waals surface area contributed by atoms with Gasteiger partial charge in [-0.05, 0) is 12.1 Å². The van der Waals surface area contributed by atoms with Crippen molar-refractivity contribution >= 4 is 30.0 Å². The molecule has 4 heteroatoms. The van der Waals surface area contributed by atoms with Gasteiger partial charge in [-0.2, -0.15) is 12.6 Å². The first kappa shape index (κ1) is 13.4. The number of carbonyl (C=O) groups excluding carboxylic acids is 2. The summed E-state index contributed by atoms with van der Waals surface area (Å²) in [6.07, 6.45) is 0. The van der Waals surface area contributed by atoms with Crippen LogP contribution in [0.1, 0.15) is 15.9 Å². The second kappa shape index (κ2) is 6.20. The molecule has 0 fully saturated rings. The minimum absolute atomic E-state index is 0.0671. The van der Waals surface area contributed by atoms with Gasteiger partial charge in [0.1, 0.15) is 0 Å². The topological polar surface area (TPSA) is 46.2 Å². The lowest BCUT2D eigenvalue weighted by atomic mass is 10.0. The van der Waals surface area contributed by atoms with Crippen LogP contribution in [-0.4, -0.2) is 17.4 Å². The van der Waals surface area contributed by atoms with E-state index in [1.807, 2.05) is 18.2 Å². The lowest BCUT2D eigenvalue weighted by Crippen LogP contribution is -2.13. The summed E-state index contributed by atoms with van der Waals surface area (Å²) in [5.74, 6) is -0.160. The number of ketones is 1. The Morgan fingerprint density at radius 2 is 1.63 bits per heavy atom. The fourth-order valence-corrected chi connectivity index (χ4v) is 1.77. The van der Waals surface area contributed by atoms with E-state index in [1.54, 1.807) is 36.4 Å². The first-order valence-electron chi connectivity index (χ1n) is 5.81. The summed E-state index contributed by atoms with van der Waals surface area (Å²) in [7, 11) is 0. The summed E-state index contributed by atoms with van der Waals surface area (Å²) in [5.41, 5.74) is 1.77. The fourth-order valence-electron chi connectivity index (χ4n) is 1.69. The summed E-state index contributed by atoms with van der Waals surface area (Å²) in [6.45, 7) is 0. The molecule has 0 bridgehead atoms. The monoisotopic (exact) mass is 271 g/mol. The van der Waals surface area contributed by atoms with Gasteiger partial charge in [-0.15, -0.1) is 0 Å². The quantitative estimate of drug-likeness (QED) is 0.663. The number of anilines is 1. The number of amides is 1. The van der Waals surface area contributed by atoms with Crippen LogP contribution >= 0.6 is 12.6 Å². The molecule has 3 nitrogen and oxygen atoms in total. The largest absolute Gasteiger partial charge is 0.325 e. The molecule has 0 aliphatic heterocycles. The molecule has 0 aliphatic rings. The average Bonchev–Trinajstić information content (AvgIpc) is 2.47. The molecule has 2 aromatic rings. The fraction of sp³-hybridized carbons (Fsp3) is 0.0667. The van der Waals surface area contributed by atoms with Gasteiger partial charge < -0.3 is 5.32 Å². The van der Waals surface area contributed by atoms with E-state index in [0.29, 0.717) is 16.8 Å². The van der Waals surface area contributed by atoms with Crippen molar-refractivity contribution < 1.29 is 9.59 Å². The molecule has 0 aromatic heterocycles. The maximum atomic E-state index is 12.2. The third kappa shape index (κ3) is 3.45. The molecular formula is C15H13NO2S. The lowest BCUT2D eigenvalue weighted by molar-refractivity contribution is -0.113. The van der Waals surface area contributed by atoms with Crippen LogP contribution in [0, 0.1) is 0 Å². The number of carbonyl (C=O) groups is 2. The molecule has 0 aliphatic carbocycles. The van der Waals surface area contributed by atoms with Crippen molar-refractivity contribution in [2.45, 2.75) is 0 Å². The van der Waals surface area contributed by atoms with Gasteiger partial charge in [0.05, 0.1) is 5.75 Å². The number of hydrogen-bond acceptors (Lipinski definition) is 3. The van der Waals surface area contributed by atoms with Crippen LogP contribution in [0.25, 0.3) is 0 Å². The van der Waals surface area contributed by atoms with E-state index in [2.05, 4.69) is 17.9 Å². The van der Waals surface area contributed by atoms with E-state index < -0.39 is 0 Å². The highest BCUT2D eigenvalue weighted by atomic mass is 32.1. The normalized spacial score (nSPS) is 9.95. The molecule has 19 heavy (non-hydrogen) atoms. The van der Waals surface area contributed by atoms with E-state index in [9.17, 15) is 9.59 Å². The Balaban J connectivity index is 2.24. The molecular weight excluding hydrogens is 258 g/mol. The molecule has 1 amide bonds. The highest BCUT2D eigenvalue weighted by molar-refractivity contribution is 7.81. The predicted octanol–water partition coefficient (Wildman–Crippen LogP) is 2.79. The highest BCUT2D eigenvalue weighted by Gasteiger charge is 2.09. The maximum Gasteiger partial charge on any atom is 0.234 e. The van der Waals surface area contributed by atoms with Gasteiger partial charge in [0.15, 0.2) is 5.78 Å². The zero-order chi connectivity index (χ0) is 13.7. The van der Waals surface area contributed by atoms with E-state index >= 15 is 0 Å². The van der Waals surface area contributed by atoms with Crippen molar-refractivity contribution in [3.63, 3.8) is 0 Å². The van der Waals surface area contributed by atoms with Gasteiger partial charge >= 0.3 is 0 Å². The zero-order valence-corrected chi connectivity index (χ0v) is 11.1. The Bertz CT molecular complexity index is 596. The van der Waals surface area contributed by atoms with Crippen LogP contribution in [0.15, 0.2) is 54.6 Å². The van der Waals surface area contributed by atoms with Crippen molar-refractivity contribution in [3.05, 3.63) is 65.7 Å². The summed E-state index contributed by atoms with van der Waals surface area (Å²) < 4.78 is 0. The van der Waals surface area contributed by atoms with Gasteiger partial charge in [0.25, 0.3) is 0 Å². The van der Waals surface area contributed by atoms with Crippen LogP contribution < -0.4 is 5.32 Å². The first-order valence-corrected chi connectivity index (χ1v) is 6.44. The van der Waals surface area contributed by atoms with Crippen molar-refractivity contribution in [1.29, 1.82) is 0 Å². The average molecular weight is 271 g/mol. The van der Waals surface area contributed by atoms with Crippen molar-refractivity contribution in [1.82, 2.24) is 0 Å². The van der Waals surface area contributed by atoms with E-state index in [-0.39, 0.29) is 17.4 Å². The molecule has 0 radical (unpaired) electrons. The molecule has 2 rings (SSSR count). The Hall–Kier alpha value is -2.07. The van der Waals surface area contributed by atoms with E-state index in [0.717, 1.165) is 0 Å². The number of hydrogen-bond donors (Lipinski definition) is 2. The second-order valence-corrected chi connectivity index (χ2v) is 4.30. The minimum atomic E-state index is -0.201. The standard InChI is InChI=1S/C15H13NO2S/c17-14(10-19)16-13-8-4-7-12(9-13)15(18)11-5-2-1-3-6-11/h1-9,19H,10H2,(H,16,17). The van der Waals surface area contributed by atoms with Crippen molar-refractivity contribution in [2.24, 2.45) is 0 Å². The Morgan fingerprint density at radius 3 is 2.32 bits per heavy atom. The highest BCUT2D eigenvalue weighted by Crippen LogP contribution is 2.15. The van der Waals surface area contributed by atoms with Gasteiger partial charge in [0, 0.05) is 16.8 Å². The molecule has 1 N–H and O–H groups in total. The number of thiol groups is 1. The van der Waals surface area contributed by atoms with Crippen LogP contribution in [0.2, 0.25) is 0 Å². The van der Waals surface area contributed by atoms with Crippen molar-refractivity contribution in [2.75, 3.05) is 11.1 Å². The number of benzene rings is 2. The smallest absolute Gasteiger partial charge is 0.234 e. The van der Waals surface area contributed by atoms with Crippen LogP contribution in [0.3, 0.4) is 0 Å². The molecule has 2 aromatic carbocycles. The van der Waals surface area contributed by atoms with Crippen LogP contribution in [-0.2, 0) is 4.79 Å². The molecule has 0 unspecified atom stereocenters. The second-order valence-electron chi connectivity index (χ2n) is 3.98. The summed E-state index contributed by atoms with van der Waals surface area (Å²) in [5, 5.41) is 2.67. The van der Waals surface area contributed by atoms with E-state index in [4.69, 9.17) is 0 Å². The minimum Gasteiger partial charge on any atom is -0.325 e. The van der Waals surface area contributed by atoms with E-state index in [1.165, 1.54) is 0 Å². The van der Waals surface area contributed by atoms with Gasteiger partial charge in [-0.3, -0.25) is 9.59 Å². The van der Waals surface area contributed by atoms with Crippen molar-refractivity contribution in [3.8, 4) is 0 Å². The third-order valence-electron chi connectivity index (χ3n) is 2.59. The summed E-state index contributed by atoms with van der Waals surface area (Å²) >= 11 is 3.89. The molecule has 0 spiro atoms. The molecule has 0 atom stereocenters. The maximum absolute atomic E-state index is 12.2. The predicted molar refractivity (Wildman–Crippen MR) is 78.8 cm³/mol. The zero-order valence-electron chi connectivity index (χ0n) is 10.2. The Kier molecular flexibility index (Phi) is 4.36. The molecule has 0 saturated heterocycles. The Labute approximate surface area is 117 Å². The summed E-state index contributed by atoms with van der Waals surface area (Å²) in [6, 6.07) is 15.9. The molecule has 0 heterocycles. The Morgan fingerprint density at radius 1 is 0.947 bits per heavy atom. The first-order chi connectivity index (χ1) is 9.20. The summed E-state index contributed by atoms with van der Waals surface area (Å²) in [4.78, 5) is 23.5. The number of rotatable bonds is 4. The van der Waals surface area contributed by atoms with Gasteiger partial charge in [0.2, 0.25) is 5.91 Å². The van der Waals surface area contributed by atoms with Gasteiger partial charge in [-0.25, -0.2) is 0 Å². The molecule has 0 saturated carbocycles. The third-order valence-corrected chi connectivity index (χ3v) is 2.88. The SMILES string of the molecule is O=C(CS)Nc1cccc(C(=O)c2ccccc2)c1. The van der Waals surface area contributed by atoms with Gasteiger partial charge in [-0.1, -0.05) is 42.5 Å². The van der Waals surface area contributed by atoms with Crippen LogP contribution in [0.5, 0.6) is 0 Å².